The molecule has 1 aromatic carbocycles. The molecule has 5 nitrogen and oxygen atoms in total. The van der Waals surface area contributed by atoms with Crippen LogP contribution in [0.3, 0.4) is 0 Å². The molecule has 5 heteroatoms. The number of urea groups is 1. The van der Waals surface area contributed by atoms with E-state index in [9.17, 15) is 4.79 Å². The molecule has 2 N–H and O–H groups in total. The molecule has 6 rings (SSSR count). The van der Waals surface area contributed by atoms with Crippen LogP contribution in [-0.4, -0.2) is 15.8 Å². The van der Waals surface area contributed by atoms with Gasteiger partial charge >= 0.3 is 6.03 Å². The first-order valence-electron chi connectivity index (χ1n) is 10.2. The van der Waals surface area contributed by atoms with Crippen molar-refractivity contribution in [2.45, 2.75) is 50.5 Å². The highest BCUT2D eigenvalue weighted by atomic mass is 16.2. The Morgan fingerprint density at radius 3 is 2.26 bits per heavy atom. The van der Waals surface area contributed by atoms with Gasteiger partial charge in [0, 0.05) is 18.9 Å². The predicted molar refractivity (Wildman–Crippen MR) is 105 cm³/mol. The second-order valence-corrected chi connectivity index (χ2v) is 9.03. The molecule has 27 heavy (non-hydrogen) atoms. The number of amides is 2. The van der Waals surface area contributed by atoms with Gasteiger partial charge in [-0.15, -0.1) is 0 Å². The summed E-state index contributed by atoms with van der Waals surface area (Å²) in [5.41, 5.74) is 3.73. The lowest BCUT2D eigenvalue weighted by Gasteiger charge is -2.57. The summed E-state index contributed by atoms with van der Waals surface area (Å²) in [5.74, 6) is 2.85. The predicted octanol–water partition coefficient (Wildman–Crippen LogP) is 4.21. The monoisotopic (exact) mass is 364 g/mol. The van der Waals surface area contributed by atoms with Gasteiger partial charge in [-0.2, -0.15) is 5.10 Å². The third-order valence-electron chi connectivity index (χ3n) is 7.15. The minimum Gasteiger partial charge on any atom is -0.332 e. The normalized spacial score (nSPS) is 31.1. The van der Waals surface area contributed by atoms with E-state index in [4.69, 9.17) is 0 Å². The van der Waals surface area contributed by atoms with Crippen molar-refractivity contribution >= 4 is 11.7 Å². The van der Waals surface area contributed by atoms with Crippen LogP contribution in [0.1, 0.15) is 49.8 Å². The van der Waals surface area contributed by atoms with Crippen LogP contribution in [0.2, 0.25) is 0 Å². The fourth-order valence-corrected chi connectivity index (χ4v) is 6.29. The fraction of sp³-hybridized carbons (Fsp3) is 0.545. The van der Waals surface area contributed by atoms with Crippen molar-refractivity contribution < 1.29 is 4.79 Å². The topological polar surface area (TPSA) is 59.0 Å². The molecule has 142 valence electrons. The number of hydrogen-bond donors (Lipinski definition) is 2. The first-order chi connectivity index (χ1) is 13.1. The number of carbonyl (C=O) groups is 1. The van der Waals surface area contributed by atoms with E-state index in [0.717, 1.165) is 29.1 Å². The van der Waals surface area contributed by atoms with E-state index >= 15 is 0 Å². The van der Waals surface area contributed by atoms with Gasteiger partial charge in [0.25, 0.3) is 0 Å². The average Bonchev–Trinajstić information content (AvgIpc) is 3.04. The zero-order valence-electron chi connectivity index (χ0n) is 15.9. The van der Waals surface area contributed by atoms with E-state index in [1.54, 1.807) is 10.9 Å². The Hall–Kier alpha value is -2.30. The minimum atomic E-state index is -0.182. The average molecular weight is 364 g/mol. The van der Waals surface area contributed by atoms with E-state index in [2.05, 4.69) is 40.0 Å². The third kappa shape index (κ3) is 3.13. The van der Waals surface area contributed by atoms with E-state index in [-0.39, 0.29) is 6.03 Å². The highest BCUT2D eigenvalue weighted by Gasteiger charge is 2.51. The number of nitrogens with one attached hydrogen (secondary N) is 2. The summed E-state index contributed by atoms with van der Waals surface area (Å²) in [6, 6.07) is 10.4. The molecule has 2 aromatic rings. The largest absolute Gasteiger partial charge is 0.332 e. The van der Waals surface area contributed by atoms with Crippen LogP contribution in [0.15, 0.2) is 36.5 Å². The summed E-state index contributed by atoms with van der Waals surface area (Å²) < 4.78 is 1.76. The van der Waals surface area contributed by atoms with Gasteiger partial charge in [-0.1, -0.05) is 12.1 Å². The molecule has 0 atom stereocenters. The maximum Gasteiger partial charge on any atom is 0.319 e. The number of nitrogens with zero attached hydrogens (tertiary/aromatic N) is 2. The lowest BCUT2D eigenvalue weighted by molar-refractivity contribution is -0.00518. The molecule has 1 aromatic heterocycles. The van der Waals surface area contributed by atoms with Gasteiger partial charge in [-0.3, -0.25) is 4.68 Å². The molecule has 2 amide bonds. The number of benzene rings is 1. The molecule has 4 bridgehead atoms. The second kappa shape index (κ2) is 6.39. The van der Waals surface area contributed by atoms with Crippen LogP contribution >= 0.6 is 0 Å². The molecule has 0 unspecified atom stereocenters. The Balaban J connectivity index is 1.23. The number of anilines is 1. The van der Waals surface area contributed by atoms with E-state index in [1.165, 1.54) is 44.1 Å². The Kier molecular flexibility index (Phi) is 3.99. The van der Waals surface area contributed by atoms with Crippen LogP contribution in [0.5, 0.6) is 0 Å². The SMILES string of the molecule is Cn1nccc1CNC(=O)Nc1ccc(C23CC4CC(CC(C4)C2)C3)cc1. The number of carbonyl (C=O) groups excluding carboxylic acids is 1. The van der Waals surface area contributed by atoms with E-state index in [0.29, 0.717) is 12.0 Å². The Morgan fingerprint density at radius 1 is 1.07 bits per heavy atom. The Morgan fingerprint density at radius 2 is 1.70 bits per heavy atom. The summed E-state index contributed by atoms with van der Waals surface area (Å²) in [6.07, 6.45) is 10.3. The van der Waals surface area contributed by atoms with Crippen LogP contribution in [0.4, 0.5) is 10.5 Å². The number of hydrogen-bond acceptors (Lipinski definition) is 2. The molecule has 4 fully saturated rings. The Labute approximate surface area is 160 Å². The highest BCUT2D eigenvalue weighted by molar-refractivity contribution is 5.89. The number of aryl methyl sites for hydroxylation is 1. The van der Waals surface area contributed by atoms with Crippen molar-refractivity contribution in [3.63, 3.8) is 0 Å². The Bertz CT molecular complexity index is 803. The zero-order valence-corrected chi connectivity index (χ0v) is 15.9. The summed E-state index contributed by atoms with van der Waals surface area (Å²) in [6.45, 7) is 0.466. The molecule has 0 spiro atoms. The van der Waals surface area contributed by atoms with Crippen molar-refractivity contribution in [2.24, 2.45) is 24.8 Å². The molecule has 0 aliphatic heterocycles. The van der Waals surface area contributed by atoms with Crippen molar-refractivity contribution in [1.82, 2.24) is 15.1 Å². The van der Waals surface area contributed by atoms with Crippen LogP contribution in [0.25, 0.3) is 0 Å². The molecular formula is C22H28N4O. The van der Waals surface area contributed by atoms with Crippen molar-refractivity contribution in [3.05, 3.63) is 47.8 Å². The molecule has 0 saturated heterocycles. The molecule has 4 aliphatic rings. The van der Waals surface area contributed by atoms with Gasteiger partial charge in [0.2, 0.25) is 0 Å². The van der Waals surface area contributed by atoms with Crippen molar-refractivity contribution in [2.75, 3.05) is 5.32 Å². The lowest BCUT2D eigenvalue weighted by atomic mass is 9.48. The fourth-order valence-electron chi connectivity index (χ4n) is 6.29. The first kappa shape index (κ1) is 16.8. The van der Waals surface area contributed by atoms with Gasteiger partial charge < -0.3 is 10.6 Å². The minimum absolute atomic E-state index is 0.182. The van der Waals surface area contributed by atoms with Crippen LogP contribution in [0, 0.1) is 17.8 Å². The maximum atomic E-state index is 12.2. The van der Waals surface area contributed by atoms with Crippen molar-refractivity contribution in [1.29, 1.82) is 0 Å². The second-order valence-electron chi connectivity index (χ2n) is 9.03. The molecule has 4 aliphatic carbocycles. The first-order valence-corrected chi connectivity index (χ1v) is 10.2. The standard InChI is InChI=1S/C22H28N4O/c1-26-20(6-7-24-26)14-23-21(27)25-19-4-2-18(3-5-19)22-11-15-8-16(12-22)10-17(9-15)13-22/h2-7,15-17H,8-14H2,1H3,(H2,23,25,27). The van der Waals surface area contributed by atoms with Gasteiger partial charge in [0.05, 0.1) is 12.2 Å². The van der Waals surface area contributed by atoms with Gasteiger partial charge in [0.15, 0.2) is 0 Å². The molecule has 0 radical (unpaired) electrons. The summed E-state index contributed by atoms with van der Waals surface area (Å²) in [7, 11) is 1.87. The van der Waals surface area contributed by atoms with Crippen molar-refractivity contribution in [3.8, 4) is 0 Å². The third-order valence-corrected chi connectivity index (χ3v) is 7.15. The van der Waals surface area contributed by atoms with Crippen LogP contribution < -0.4 is 10.6 Å². The summed E-state index contributed by atoms with van der Waals surface area (Å²) >= 11 is 0. The number of aromatic nitrogens is 2. The van der Waals surface area contributed by atoms with Gasteiger partial charge in [-0.25, -0.2) is 4.79 Å². The summed E-state index contributed by atoms with van der Waals surface area (Å²) in [5, 5.41) is 9.94. The van der Waals surface area contributed by atoms with Gasteiger partial charge in [0.1, 0.15) is 0 Å². The van der Waals surface area contributed by atoms with E-state index < -0.39 is 0 Å². The maximum absolute atomic E-state index is 12.2. The highest BCUT2D eigenvalue weighted by Crippen LogP contribution is 2.60. The van der Waals surface area contributed by atoms with E-state index in [1.807, 2.05) is 13.1 Å². The molecular weight excluding hydrogens is 336 g/mol. The molecule has 1 heterocycles. The summed E-state index contributed by atoms with van der Waals surface area (Å²) in [4.78, 5) is 12.2. The van der Waals surface area contributed by atoms with Crippen LogP contribution in [-0.2, 0) is 19.0 Å². The smallest absolute Gasteiger partial charge is 0.319 e. The molecule has 4 saturated carbocycles. The number of rotatable bonds is 4. The lowest BCUT2D eigenvalue weighted by Crippen LogP contribution is -2.48. The quantitative estimate of drug-likeness (QED) is 0.854. The van der Waals surface area contributed by atoms with Gasteiger partial charge in [-0.05, 0) is 85.5 Å². The zero-order chi connectivity index (χ0) is 18.4.